The first kappa shape index (κ1) is 19.2. The Balaban J connectivity index is 2.49. The molecule has 0 amide bonds. The van der Waals surface area contributed by atoms with Crippen molar-refractivity contribution in [3.05, 3.63) is 0 Å². The van der Waals surface area contributed by atoms with Gasteiger partial charge in [0.05, 0.1) is 29.1 Å². The van der Waals surface area contributed by atoms with Gasteiger partial charge in [-0.05, 0) is 41.5 Å². The van der Waals surface area contributed by atoms with E-state index < -0.39 is 48.9 Å². The van der Waals surface area contributed by atoms with Crippen LogP contribution in [0.4, 0.5) is 4.39 Å². The van der Waals surface area contributed by atoms with Crippen LogP contribution in [0.5, 0.6) is 0 Å². The highest BCUT2D eigenvalue weighted by Crippen LogP contribution is 2.55. The Morgan fingerprint density at radius 2 is 1.65 bits per heavy atom. The molecule has 132 valence electrons. The summed E-state index contributed by atoms with van der Waals surface area (Å²) >= 11 is 0. The van der Waals surface area contributed by atoms with Gasteiger partial charge in [0.25, 0.3) is 5.00 Å². The van der Waals surface area contributed by atoms with Gasteiger partial charge in [0, 0.05) is 0 Å². The summed E-state index contributed by atoms with van der Waals surface area (Å²) in [5, 5.41) is -2.62. The van der Waals surface area contributed by atoms with Gasteiger partial charge in [-0.3, -0.25) is 0 Å². The van der Waals surface area contributed by atoms with Crippen LogP contribution in [0.15, 0.2) is 0 Å². The maximum Gasteiger partial charge on any atom is 0.256 e. The first-order valence-electron chi connectivity index (χ1n) is 7.91. The van der Waals surface area contributed by atoms with Crippen molar-refractivity contribution in [1.29, 1.82) is 0 Å². The predicted octanol–water partition coefficient (Wildman–Crippen LogP) is -0.232. The predicted molar refractivity (Wildman–Crippen MR) is 91.6 cm³/mol. The third-order valence-electron chi connectivity index (χ3n) is 5.08. The summed E-state index contributed by atoms with van der Waals surface area (Å²) in [4.78, 5) is 0. The third kappa shape index (κ3) is 2.41. The van der Waals surface area contributed by atoms with E-state index in [1.807, 2.05) is 20.8 Å². The average molecular weight is 348 g/mol. The second-order valence-corrected chi connectivity index (χ2v) is 11.7. The van der Waals surface area contributed by atoms with E-state index in [-0.39, 0.29) is 6.61 Å². The molecule has 5 nitrogen and oxygen atoms in total. The summed E-state index contributed by atoms with van der Waals surface area (Å²) in [7, 11) is -1.01. The molecule has 9 heteroatoms. The van der Waals surface area contributed by atoms with Crippen LogP contribution in [0.1, 0.15) is 41.5 Å². The average Bonchev–Trinajstić information content (AvgIpc) is 2.70. The van der Waals surface area contributed by atoms with E-state index in [2.05, 4.69) is 0 Å². The maximum absolute atomic E-state index is 15.9. The molecular weight excluding hydrogens is 321 g/mol. The van der Waals surface area contributed by atoms with Crippen LogP contribution in [-0.2, 0) is 24.0 Å². The lowest BCUT2D eigenvalue weighted by atomic mass is 9.57. The molecule has 0 aromatic carbocycles. The molecular formula is C14H27B2FO5S. The molecule has 0 radical (unpaired) electrons. The molecule has 2 aliphatic heterocycles. The standard InChI is InChI=1S/C14H27B2FO5S/c1-10(2,3)22-9-7-20-14(16)12(17,8-21-13(9,14)15)23(18,19)11(4,5)6/h9H,7-8,15-16H2,1-6H3/t9?,12?,13-,14-/m1/s1. The van der Waals surface area contributed by atoms with Crippen molar-refractivity contribution in [2.24, 2.45) is 0 Å². The number of ether oxygens (including phenoxy) is 3. The number of halogens is 1. The first-order chi connectivity index (χ1) is 10.0. The van der Waals surface area contributed by atoms with Gasteiger partial charge in [0.15, 0.2) is 17.7 Å². The fraction of sp³-hybridized carbons (Fsp3) is 1.00. The van der Waals surface area contributed by atoms with Gasteiger partial charge in [0.1, 0.15) is 19.5 Å². The summed E-state index contributed by atoms with van der Waals surface area (Å²) in [5.74, 6) is 0. The van der Waals surface area contributed by atoms with Crippen LogP contribution in [0, 0.1) is 0 Å². The van der Waals surface area contributed by atoms with Crippen LogP contribution >= 0.6 is 0 Å². The largest absolute Gasteiger partial charge is 0.375 e. The molecule has 2 aliphatic rings. The second-order valence-electron chi connectivity index (χ2n) is 8.80. The van der Waals surface area contributed by atoms with Crippen molar-refractivity contribution in [1.82, 2.24) is 0 Å². The van der Waals surface area contributed by atoms with Crippen molar-refractivity contribution in [2.75, 3.05) is 13.2 Å². The lowest BCUT2D eigenvalue weighted by molar-refractivity contribution is -0.118. The van der Waals surface area contributed by atoms with Crippen molar-refractivity contribution < 1.29 is 27.0 Å². The molecule has 2 heterocycles. The number of fused-ring (bicyclic) bond motifs is 1. The number of sulfone groups is 1. The van der Waals surface area contributed by atoms with Crippen molar-refractivity contribution in [3.8, 4) is 0 Å². The Morgan fingerprint density at radius 3 is 2.09 bits per heavy atom. The molecule has 23 heavy (non-hydrogen) atoms. The van der Waals surface area contributed by atoms with Gasteiger partial charge in [-0.2, -0.15) is 0 Å². The Kier molecular flexibility index (Phi) is 4.14. The zero-order valence-electron chi connectivity index (χ0n) is 15.3. The van der Waals surface area contributed by atoms with Gasteiger partial charge in [-0.25, -0.2) is 12.8 Å². The smallest absolute Gasteiger partial charge is 0.256 e. The number of hydrogen-bond donors (Lipinski definition) is 0. The molecule has 2 rings (SSSR count). The van der Waals surface area contributed by atoms with Crippen LogP contribution in [0.2, 0.25) is 0 Å². The molecule has 0 aliphatic carbocycles. The highest BCUT2D eigenvalue weighted by atomic mass is 32.2. The van der Waals surface area contributed by atoms with Crippen molar-refractivity contribution in [2.45, 2.75) is 74.0 Å². The molecule has 0 spiro atoms. The Bertz CT molecular complexity index is 599. The number of hydrogen-bond acceptors (Lipinski definition) is 5. The number of alkyl halides is 1. The number of rotatable bonds is 2. The quantitative estimate of drug-likeness (QED) is 0.646. The maximum atomic E-state index is 15.9. The SMILES string of the molecule is B[C@]12OCC(F)(S(=O)(=O)C(C)(C)C)[C@@]1(B)OCC2OC(C)(C)C. The van der Waals surface area contributed by atoms with Crippen LogP contribution < -0.4 is 0 Å². The van der Waals surface area contributed by atoms with Crippen LogP contribution in [0.3, 0.4) is 0 Å². The zero-order chi connectivity index (χ0) is 18.1. The van der Waals surface area contributed by atoms with E-state index in [4.69, 9.17) is 14.2 Å². The highest BCUT2D eigenvalue weighted by molar-refractivity contribution is 7.94. The van der Waals surface area contributed by atoms with Crippen molar-refractivity contribution in [3.63, 3.8) is 0 Å². The van der Waals surface area contributed by atoms with Crippen molar-refractivity contribution >= 4 is 25.5 Å². The third-order valence-corrected chi connectivity index (χ3v) is 8.05. The molecule has 2 unspecified atom stereocenters. The van der Waals surface area contributed by atoms with Gasteiger partial charge >= 0.3 is 0 Å². The molecule has 0 saturated carbocycles. The molecule has 0 N–H and O–H groups in total. The van der Waals surface area contributed by atoms with Gasteiger partial charge in [-0.15, -0.1) is 0 Å². The minimum Gasteiger partial charge on any atom is -0.375 e. The fourth-order valence-corrected chi connectivity index (χ4v) is 5.29. The van der Waals surface area contributed by atoms with Gasteiger partial charge < -0.3 is 14.2 Å². The van der Waals surface area contributed by atoms with E-state index in [0.717, 1.165) is 0 Å². The molecule has 0 aromatic rings. The lowest BCUT2D eigenvalue weighted by Crippen LogP contribution is -2.67. The van der Waals surface area contributed by atoms with E-state index in [0.29, 0.717) is 0 Å². The highest BCUT2D eigenvalue weighted by Gasteiger charge is 2.78. The van der Waals surface area contributed by atoms with Crippen LogP contribution in [-0.4, -0.2) is 69.8 Å². The lowest BCUT2D eigenvalue weighted by Gasteiger charge is -2.42. The Labute approximate surface area is 140 Å². The van der Waals surface area contributed by atoms with Gasteiger partial charge in [0.2, 0.25) is 0 Å². The van der Waals surface area contributed by atoms with E-state index in [9.17, 15) is 8.42 Å². The molecule has 2 saturated heterocycles. The van der Waals surface area contributed by atoms with E-state index >= 15 is 4.39 Å². The summed E-state index contributed by atoms with van der Waals surface area (Å²) < 4.78 is 57.8. The summed E-state index contributed by atoms with van der Waals surface area (Å²) in [6.07, 6.45) is -0.541. The van der Waals surface area contributed by atoms with E-state index in [1.54, 1.807) is 7.85 Å². The zero-order valence-corrected chi connectivity index (χ0v) is 16.1. The Morgan fingerprint density at radius 1 is 1.13 bits per heavy atom. The normalized spacial score (nSPS) is 42.0. The minimum atomic E-state index is -4.17. The summed E-state index contributed by atoms with van der Waals surface area (Å²) in [6.45, 7) is 9.65. The molecule has 4 atom stereocenters. The monoisotopic (exact) mass is 348 g/mol. The second kappa shape index (κ2) is 4.96. The topological polar surface area (TPSA) is 61.8 Å². The fourth-order valence-electron chi connectivity index (χ4n) is 3.33. The minimum absolute atomic E-state index is 0.0929. The Hall–Kier alpha value is -0.110. The molecule has 2 fully saturated rings. The first-order valence-corrected chi connectivity index (χ1v) is 9.39. The summed E-state index contributed by atoms with van der Waals surface area (Å²) in [5.41, 5.74) is -3.27. The van der Waals surface area contributed by atoms with Crippen LogP contribution in [0.25, 0.3) is 0 Å². The summed E-state index contributed by atoms with van der Waals surface area (Å²) in [6, 6.07) is 0. The van der Waals surface area contributed by atoms with Gasteiger partial charge in [-0.1, -0.05) is 0 Å². The molecule has 0 aromatic heterocycles. The molecule has 0 bridgehead atoms. The van der Waals surface area contributed by atoms with E-state index in [1.165, 1.54) is 28.6 Å².